The molecule has 1 aliphatic carbocycles. The van der Waals surface area contributed by atoms with E-state index < -0.39 is 9.84 Å². The first-order chi connectivity index (χ1) is 9.94. The van der Waals surface area contributed by atoms with Crippen molar-refractivity contribution in [2.75, 3.05) is 44.4 Å². The van der Waals surface area contributed by atoms with Crippen molar-refractivity contribution in [2.45, 2.75) is 36.9 Å². The van der Waals surface area contributed by atoms with Gasteiger partial charge in [-0.3, -0.25) is 4.99 Å². The van der Waals surface area contributed by atoms with E-state index in [9.17, 15) is 8.42 Å². The summed E-state index contributed by atoms with van der Waals surface area (Å²) >= 11 is 2.13. The maximum atomic E-state index is 11.2. The van der Waals surface area contributed by atoms with Crippen LogP contribution in [0.1, 0.15) is 32.1 Å². The molecule has 2 rings (SSSR count). The molecule has 0 unspecified atom stereocenters. The molecule has 0 aromatic carbocycles. The lowest BCUT2D eigenvalue weighted by atomic mass is 9.87. The van der Waals surface area contributed by atoms with Gasteiger partial charge in [0.15, 0.2) is 5.96 Å². The zero-order chi connectivity index (χ0) is 15.3. The van der Waals surface area contributed by atoms with E-state index in [-0.39, 0.29) is 5.75 Å². The molecule has 1 spiro atoms. The minimum absolute atomic E-state index is 0.153. The van der Waals surface area contributed by atoms with Crippen molar-refractivity contribution >= 4 is 27.6 Å². The molecule has 1 saturated carbocycles. The Bertz CT molecular complexity index is 465. The highest BCUT2D eigenvalue weighted by molar-refractivity contribution is 8.00. The van der Waals surface area contributed by atoms with Gasteiger partial charge in [-0.25, -0.2) is 8.42 Å². The highest BCUT2D eigenvalue weighted by Gasteiger charge is 2.38. The maximum Gasteiger partial charge on any atom is 0.193 e. The molecular formula is C14H27N3O2S2. The fraction of sp³-hybridized carbons (Fsp3) is 0.929. The van der Waals surface area contributed by atoms with Crippen LogP contribution >= 0.6 is 11.8 Å². The van der Waals surface area contributed by atoms with Gasteiger partial charge in [0.2, 0.25) is 0 Å². The first-order valence-corrected chi connectivity index (χ1v) is 10.8. The second-order valence-electron chi connectivity index (χ2n) is 6.12. The summed E-state index contributed by atoms with van der Waals surface area (Å²) in [4.78, 5) is 6.65. The normalized spacial score (nSPS) is 23.3. The average Bonchev–Trinajstić information content (AvgIpc) is 2.43. The standard InChI is InChI=1S/C14H27N3O2S2/c1-15-13(16-8-11-21(2,18)19)17-9-10-20-14(12-17)6-4-3-5-7-14/h3-12H2,1-2H3,(H,15,16). The summed E-state index contributed by atoms with van der Waals surface area (Å²) in [6.45, 7) is 2.46. The average molecular weight is 334 g/mol. The molecule has 0 bridgehead atoms. The second-order valence-corrected chi connectivity index (χ2v) is 9.94. The van der Waals surface area contributed by atoms with Crippen LogP contribution in [-0.4, -0.2) is 68.5 Å². The quantitative estimate of drug-likeness (QED) is 0.624. The molecule has 2 fully saturated rings. The zero-order valence-electron chi connectivity index (χ0n) is 13.1. The van der Waals surface area contributed by atoms with E-state index in [2.05, 4.69) is 27.0 Å². The molecular weight excluding hydrogens is 306 g/mol. The van der Waals surface area contributed by atoms with Crippen molar-refractivity contribution in [3.63, 3.8) is 0 Å². The predicted molar refractivity (Wildman–Crippen MR) is 90.9 cm³/mol. The van der Waals surface area contributed by atoms with E-state index in [1.165, 1.54) is 38.4 Å². The SMILES string of the molecule is CN=C(NCCS(C)(=O)=O)N1CCSC2(CCCCC2)C1. The number of thioether (sulfide) groups is 1. The molecule has 0 atom stereocenters. The van der Waals surface area contributed by atoms with Crippen molar-refractivity contribution in [1.29, 1.82) is 0 Å². The Balaban J connectivity index is 1.92. The number of rotatable bonds is 3. The van der Waals surface area contributed by atoms with Crippen LogP contribution in [0.3, 0.4) is 0 Å². The van der Waals surface area contributed by atoms with E-state index in [0.717, 1.165) is 24.8 Å². The fourth-order valence-corrected chi connectivity index (χ4v) is 5.25. The highest BCUT2D eigenvalue weighted by Crippen LogP contribution is 2.42. The maximum absolute atomic E-state index is 11.2. The first kappa shape index (κ1) is 16.9. The van der Waals surface area contributed by atoms with Gasteiger partial charge in [-0.05, 0) is 12.8 Å². The molecule has 1 aliphatic heterocycles. The van der Waals surface area contributed by atoms with E-state index in [0.29, 0.717) is 11.3 Å². The van der Waals surface area contributed by atoms with Crippen molar-refractivity contribution in [2.24, 2.45) is 4.99 Å². The van der Waals surface area contributed by atoms with Gasteiger partial charge in [-0.15, -0.1) is 0 Å². The molecule has 0 amide bonds. The topological polar surface area (TPSA) is 61.8 Å². The van der Waals surface area contributed by atoms with Crippen LogP contribution in [0.2, 0.25) is 0 Å². The zero-order valence-corrected chi connectivity index (χ0v) is 14.7. The smallest absolute Gasteiger partial charge is 0.193 e. The third-order valence-corrected chi connectivity index (χ3v) is 6.76. The second kappa shape index (κ2) is 7.22. The first-order valence-electron chi connectivity index (χ1n) is 7.71. The van der Waals surface area contributed by atoms with Crippen LogP contribution < -0.4 is 5.32 Å². The molecule has 0 aromatic rings. The fourth-order valence-electron chi connectivity index (χ4n) is 3.20. The monoisotopic (exact) mass is 333 g/mol. The Hall–Kier alpha value is -0.430. The van der Waals surface area contributed by atoms with Crippen molar-refractivity contribution < 1.29 is 8.42 Å². The van der Waals surface area contributed by atoms with Crippen LogP contribution in [0.25, 0.3) is 0 Å². The molecule has 122 valence electrons. The van der Waals surface area contributed by atoms with Crippen LogP contribution in [-0.2, 0) is 9.84 Å². The minimum Gasteiger partial charge on any atom is -0.355 e. The van der Waals surface area contributed by atoms with Gasteiger partial charge in [0.25, 0.3) is 0 Å². The number of nitrogens with one attached hydrogen (secondary N) is 1. The van der Waals surface area contributed by atoms with Gasteiger partial charge < -0.3 is 10.2 Å². The molecule has 1 saturated heterocycles. The van der Waals surface area contributed by atoms with Gasteiger partial charge in [0.05, 0.1) is 5.75 Å². The number of sulfone groups is 1. The van der Waals surface area contributed by atoms with Crippen molar-refractivity contribution in [1.82, 2.24) is 10.2 Å². The van der Waals surface area contributed by atoms with E-state index >= 15 is 0 Å². The number of hydrogen-bond acceptors (Lipinski definition) is 4. The van der Waals surface area contributed by atoms with Crippen molar-refractivity contribution in [3.05, 3.63) is 0 Å². The molecule has 21 heavy (non-hydrogen) atoms. The Morgan fingerprint density at radius 3 is 2.67 bits per heavy atom. The molecule has 0 radical (unpaired) electrons. The van der Waals surface area contributed by atoms with Crippen LogP contribution in [0.4, 0.5) is 0 Å². The number of nitrogens with zero attached hydrogens (tertiary/aromatic N) is 2. The van der Waals surface area contributed by atoms with Gasteiger partial charge in [0.1, 0.15) is 9.84 Å². The summed E-state index contributed by atoms with van der Waals surface area (Å²) < 4.78 is 22.8. The summed E-state index contributed by atoms with van der Waals surface area (Å²) in [7, 11) is -1.15. The molecule has 2 aliphatic rings. The number of guanidine groups is 1. The van der Waals surface area contributed by atoms with Gasteiger partial charge >= 0.3 is 0 Å². The largest absolute Gasteiger partial charge is 0.355 e. The molecule has 0 aromatic heterocycles. The lowest BCUT2D eigenvalue weighted by Crippen LogP contribution is -2.53. The van der Waals surface area contributed by atoms with Gasteiger partial charge in [0, 0.05) is 43.4 Å². The van der Waals surface area contributed by atoms with Crippen LogP contribution in [0.5, 0.6) is 0 Å². The summed E-state index contributed by atoms with van der Waals surface area (Å²) in [5.41, 5.74) is 0. The summed E-state index contributed by atoms with van der Waals surface area (Å²) in [6, 6.07) is 0. The van der Waals surface area contributed by atoms with E-state index in [1.54, 1.807) is 7.05 Å². The molecule has 1 heterocycles. The molecule has 1 N–H and O–H groups in total. The Morgan fingerprint density at radius 2 is 2.05 bits per heavy atom. The minimum atomic E-state index is -2.93. The molecule has 5 nitrogen and oxygen atoms in total. The van der Waals surface area contributed by atoms with Gasteiger partial charge in [-0.2, -0.15) is 11.8 Å². The van der Waals surface area contributed by atoms with Crippen molar-refractivity contribution in [3.8, 4) is 0 Å². The lowest BCUT2D eigenvalue weighted by Gasteiger charge is -2.45. The number of aliphatic imine (C=N–C) groups is 1. The highest BCUT2D eigenvalue weighted by atomic mass is 32.2. The van der Waals surface area contributed by atoms with E-state index in [4.69, 9.17) is 0 Å². The van der Waals surface area contributed by atoms with E-state index in [1.807, 2.05) is 0 Å². The molecule has 7 heteroatoms. The Morgan fingerprint density at radius 1 is 1.33 bits per heavy atom. The van der Waals surface area contributed by atoms with Gasteiger partial charge in [-0.1, -0.05) is 19.3 Å². The third kappa shape index (κ3) is 5.06. The Kier molecular flexibility index (Phi) is 5.82. The number of hydrogen-bond donors (Lipinski definition) is 1. The van der Waals surface area contributed by atoms with Crippen LogP contribution in [0.15, 0.2) is 4.99 Å². The summed E-state index contributed by atoms with van der Waals surface area (Å²) in [5.74, 6) is 2.14. The summed E-state index contributed by atoms with van der Waals surface area (Å²) in [6.07, 6.45) is 7.90. The lowest BCUT2D eigenvalue weighted by molar-refractivity contribution is 0.293. The third-order valence-electron chi connectivity index (χ3n) is 4.28. The predicted octanol–water partition coefficient (Wildman–Crippen LogP) is 1.36. The van der Waals surface area contributed by atoms with Crippen LogP contribution in [0, 0.1) is 0 Å². The summed E-state index contributed by atoms with van der Waals surface area (Å²) in [5, 5.41) is 3.21. The Labute approximate surface area is 132 Å².